The molecule has 96 valence electrons. The van der Waals surface area contributed by atoms with Gasteiger partial charge in [-0.2, -0.15) is 0 Å². The fourth-order valence-electron chi connectivity index (χ4n) is 1.64. The second-order valence-electron chi connectivity index (χ2n) is 3.70. The van der Waals surface area contributed by atoms with Gasteiger partial charge >= 0.3 is 6.16 Å². The number of nitro groups is 1. The van der Waals surface area contributed by atoms with Gasteiger partial charge in [-0.15, -0.1) is 0 Å². The molecule has 0 amide bonds. The molecule has 0 unspecified atom stereocenters. The molecule has 2 aromatic rings. The van der Waals surface area contributed by atoms with Gasteiger partial charge < -0.3 is 9.84 Å². The molecular weight excluding hydrogens is 250 g/mol. The van der Waals surface area contributed by atoms with Gasteiger partial charge in [0.25, 0.3) is 5.69 Å². The van der Waals surface area contributed by atoms with Crippen molar-refractivity contribution in [3.05, 3.63) is 58.6 Å². The van der Waals surface area contributed by atoms with Crippen molar-refractivity contribution in [1.29, 1.82) is 0 Å². The van der Waals surface area contributed by atoms with Crippen molar-refractivity contribution in [3.63, 3.8) is 0 Å². The Morgan fingerprint density at radius 2 is 1.74 bits per heavy atom. The van der Waals surface area contributed by atoms with E-state index in [1.807, 2.05) is 0 Å². The molecular formula is C13H9NO5. The van der Waals surface area contributed by atoms with Crippen molar-refractivity contribution in [2.45, 2.75) is 0 Å². The van der Waals surface area contributed by atoms with E-state index in [-0.39, 0.29) is 11.4 Å². The van der Waals surface area contributed by atoms with Gasteiger partial charge in [0.2, 0.25) is 0 Å². The number of rotatable bonds is 3. The number of hydrogen-bond acceptors (Lipinski definition) is 4. The maximum atomic E-state index is 10.7. The van der Waals surface area contributed by atoms with Crippen LogP contribution in [0, 0.1) is 10.1 Å². The molecule has 1 N–H and O–H groups in total. The first-order chi connectivity index (χ1) is 9.06. The van der Waals surface area contributed by atoms with Crippen molar-refractivity contribution in [2.24, 2.45) is 0 Å². The fourth-order valence-corrected chi connectivity index (χ4v) is 1.64. The van der Waals surface area contributed by atoms with Crippen LogP contribution in [0.25, 0.3) is 11.1 Å². The van der Waals surface area contributed by atoms with E-state index in [0.29, 0.717) is 11.1 Å². The van der Waals surface area contributed by atoms with Crippen LogP contribution in [-0.4, -0.2) is 16.2 Å². The van der Waals surface area contributed by atoms with E-state index in [0.717, 1.165) is 0 Å². The quantitative estimate of drug-likeness (QED) is 0.395. The van der Waals surface area contributed by atoms with Gasteiger partial charge in [0.15, 0.2) is 0 Å². The Kier molecular flexibility index (Phi) is 3.42. The minimum atomic E-state index is -1.41. The van der Waals surface area contributed by atoms with Crippen LogP contribution in [0.15, 0.2) is 48.5 Å². The Hall–Kier alpha value is -2.89. The lowest BCUT2D eigenvalue weighted by Crippen LogP contribution is -2.02. The molecule has 0 aliphatic heterocycles. The average molecular weight is 259 g/mol. The van der Waals surface area contributed by atoms with Crippen LogP contribution in [0.2, 0.25) is 0 Å². The number of hydrogen-bond donors (Lipinski definition) is 1. The standard InChI is InChI=1S/C13H9NO5/c15-13(16)19-12-6-2-4-10(8-12)9-3-1-5-11(7-9)14(17)18/h1-8H,(H,15,16). The van der Waals surface area contributed by atoms with Crippen LogP contribution in [0.3, 0.4) is 0 Å². The molecule has 0 saturated heterocycles. The average Bonchev–Trinajstić information content (AvgIpc) is 2.38. The van der Waals surface area contributed by atoms with Gasteiger partial charge in [0, 0.05) is 12.1 Å². The van der Waals surface area contributed by atoms with Crippen molar-refractivity contribution in [2.75, 3.05) is 0 Å². The number of non-ortho nitro benzene ring substituents is 1. The Morgan fingerprint density at radius 3 is 2.37 bits per heavy atom. The lowest BCUT2D eigenvalue weighted by atomic mass is 10.1. The fraction of sp³-hybridized carbons (Fsp3) is 0. The van der Waals surface area contributed by atoms with Crippen molar-refractivity contribution < 1.29 is 19.6 Å². The summed E-state index contributed by atoms with van der Waals surface area (Å²) in [6, 6.07) is 12.4. The van der Waals surface area contributed by atoms with E-state index >= 15 is 0 Å². The van der Waals surface area contributed by atoms with E-state index in [4.69, 9.17) is 5.11 Å². The van der Waals surface area contributed by atoms with E-state index in [1.165, 1.54) is 24.3 Å². The zero-order valence-corrected chi connectivity index (χ0v) is 9.65. The van der Waals surface area contributed by atoms with Crippen LogP contribution in [0.5, 0.6) is 5.75 Å². The predicted molar refractivity (Wildman–Crippen MR) is 67.2 cm³/mol. The molecule has 19 heavy (non-hydrogen) atoms. The van der Waals surface area contributed by atoms with E-state index in [9.17, 15) is 14.9 Å². The Balaban J connectivity index is 2.38. The summed E-state index contributed by atoms with van der Waals surface area (Å²) in [5.41, 5.74) is 1.23. The molecule has 0 aliphatic carbocycles. The maximum Gasteiger partial charge on any atom is 0.511 e. The summed E-state index contributed by atoms with van der Waals surface area (Å²) in [6.45, 7) is 0. The van der Waals surface area contributed by atoms with Gasteiger partial charge in [-0.1, -0.05) is 24.3 Å². The van der Waals surface area contributed by atoms with Crippen LogP contribution < -0.4 is 4.74 Å². The number of ether oxygens (including phenoxy) is 1. The lowest BCUT2D eigenvalue weighted by molar-refractivity contribution is -0.384. The highest BCUT2D eigenvalue weighted by Crippen LogP contribution is 2.26. The van der Waals surface area contributed by atoms with Crippen molar-refractivity contribution >= 4 is 11.8 Å². The maximum absolute atomic E-state index is 10.7. The van der Waals surface area contributed by atoms with Gasteiger partial charge in [-0.05, 0) is 23.3 Å². The molecule has 0 bridgehead atoms. The zero-order chi connectivity index (χ0) is 13.8. The van der Waals surface area contributed by atoms with Crippen molar-refractivity contribution in [3.8, 4) is 16.9 Å². The largest absolute Gasteiger partial charge is 0.511 e. The summed E-state index contributed by atoms with van der Waals surface area (Å²) >= 11 is 0. The lowest BCUT2D eigenvalue weighted by Gasteiger charge is -2.04. The highest BCUT2D eigenvalue weighted by Gasteiger charge is 2.08. The topological polar surface area (TPSA) is 89.7 Å². The Morgan fingerprint density at radius 1 is 1.11 bits per heavy atom. The predicted octanol–water partition coefficient (Wildman–Crippen LogP) is 3.32. The van der Waals surface area contributed by atoms with Gasteiger partial charge in [-0.25, -0.2) is 4.79 Å². The number of nitrogens with zero attached hydrogens (tertiary/aromatic N) is 1. The first kappa shape index (κ1) is 12.6. The second kappa shape index (κ2) is 5.18. The first-order valence-electron chi connectivity index (χ1n) is 5.32. The molecule has 2 aromatic carbocycles. The van der Waals surface area contributed by atoms with Gasteiger partial charge in [-0.3, -0.25) is 10.1 Å². The zero-order valence-electron chi connectivity index (χ0n) is 9.65. The second-order valence-corrected chi connectivity index (χ2v) is 3.70. The monoisotopic (exact) mass is 259 g/mol. The molecule has 0 aliphatic rings. The molecule has 0 aromatic heterocycles. The molecule has 0 radical (unpaired) electrons. The van der Waals surface area contributed by atoms with Crippen LogP contribution >= 0.6 is 0 Å². The smallest absolute Gasteiger partial charge is 0.449 e. The number of benzene rings is 2. The minimum absolute atomic E-state index is 0.0259. The summed E-state index contributed by atoms with van der Waals surface area (Å²) in [4.78, 5) is 20.7. The van der Waals surface area contributed by atoms with Crippen LogP contribution in [-0.2, 0) is 0 Å². The summed E-state index contributed by atoms with van der Waals surface area (Å²) < 4.78 is 4.54. The molecule has 6 nitrogen and oxygen atoms in total. The molecule has 0 fully saturated rings. The number of nitro benzene ring substituents is 1. The van der Waals surface area contributed by atoms with Crippen LogP contribution in [0.4, 0.5) is 10.5 Å². The minimum Gasteiger partial charge on any atom is -0.449 e. The summed E-state index contributed by atoms with van der Waals surface area (Å²) in [6.07, 6.45) is -1.41. The van der Waals surface area contributed by atoms with Crippen molar-refractivity contribution in [1.82, 2.24) is 0 Å². The molecule has 0 saturated carbocycles. The summed E-state index contributed by atoms with van der Waals surface area (Å²) in [5, 5.41) is 19.2. The molecule has 0 spiro atoms. The van der Waals surface area contributed by atoms with E-state index in [2.05, 4.69) is 4.74 Å². The molecule has 2 rings (SSSR count). The Bertz CT molecular complexity index is 638. The molecule has 0 heterocycles. The normalized spacial score (nSPS) is 9.89. The first-order valence-corrected chi connectivity index (χ1v) is 5.32. The van der Waals surface area contributed by atoms with Gasteiger partial charge in [0.05, 0.1) is 4.92 Å². The third-order valence-corrected chi connectivity index (χ3v) is 2.43. The number of carboxylic acid groups (broad SMARTS) is 1. The third kappa shape index (κ3) is 3.06. The highest BCUT2D eigenvalue weighted by atomic mass is 16.7. The summed E-state index contributed by atoms with van der Waals surface area (Å²) in [7, 11) is 0. The SMILES string of the molecule is O=C(O)Oc1cccc(-c2cccc([N+](=O)[O-])c2)c1. The van der Waals surface area contributed by atoms with Crippen LogP contribution in [0.1, 0.15) is 0 Å². The third-order valence-electron chi connectivity index (χ3n) is 2.43. The van der Waals surface area contributed by atoms with Gasteiger partial charge in [0.1, 0.15) is 5.75 Å². The highest BCUT2D eigenvalue weighted by molar-refractivity contribution is 5.69. The number of carbonyl (C=O) groups is 1. The molecule has 6 heteroatoms. The van der Waals surface area contributed by atoms with E-state index in [1.54, 1.807) is 24.3 Å². The van der Waals surface area contributed by atoms with E-state index < -0.39 is 11.1 Å². The summed E-state index contributed by atoms with van der Waals surface area (Å²) in [5.74, 6) is 0.163. The Labute approximate surface area is 108 Å². The molecule has 0 atom stereocenters.